The molecule has 27 heavy (non-hydrogen) atoms. The van der Waals surface area contributed by atoms with Gasteiger partial charge in [0.1, 0.15) is 5.60 Å². The summed E-state index contributed by atoms with van der Waals surface area (Å²) in [5, 5.41) is 2.80. The van der Waals surface area contributed by atoms with Crippen LogP contribution in [0.15, 0.2) is 24.3 Å². The Labute approximate surface area is 162 Å². The fourth-order valence-electron chi connectivity index (χ4n) is 3.35. The minimum atomic E-state index is -1.44. The van der Waals surface area contributed by atoms with Gasteiger partial charge in [-0.1, -0.05) is 0 Å². The summed E-state index contributed by atoms with van der Waals surface area (Å²) in [5.41, 5.74) is 5.40. The predicted octanol–water partition coefficient (Wildman–Crippen LogP) is 3.31. The highest BCUT2D eigenvalue weighted by Crippen LogP contribution is 2.31. The number of nitrogens with one attached hydrogen (secondary N) is 1. The van der Waals surface area contributed by atoms with Gasteiger partial charge in [-0.15, -0.1) is 0 Å². The summed E-state index contributed by atoms with van der Waals surface area (Å²) in [4.78, 5) is 27.6. The van der Waals surface area contributed by atoms with Gasteiger partial charge >= 0.3 is 5.97 Å². The highest BCUT2D eigenvalue weighted by molar-refractivity contribution is 6.09. The molecule has 0 radical (unpaired) electrons. The van der Waals surface area contributed by atoms with E-state index in [0.717, 1.165) is 5.69 Å². The van der Waals surface area contributed by atoms with E-state index >= 15 is 0 Å². The minimum Gasteiger partial charge on any atom is -0.459 e. The number of esters is 1. The van der Waals surface area contributed by atoms with Gasteiger partial charge in [0.25, 0.3) is 0 Å². The van der Waals surface area contributed by atoms with Crippen LogP contribution in [0.3, 0.4) is 0 Å². The average Bonchev–Trinajstić information content (AvgIpc) is 2.92. The Morgan fingerprint density at radius 3 is 2.07 bits per heavy atom. The topological polar surface area (TPSA) is 84.7 Å². The predicted molar refractivity (Wildman–Crippen MR) is 109 cm³/mol. The molecule has 0 spiro atoms. The molecule has 150 valence electrons. The Morgan fingerprint density at radius 2 is 1.63 bits per heavy atom. The molecule has 1 heterocycles. The van der Waals surface area contributed by atoms with Crippen molar-refractivity contribution in [3.05, 3.63) is 24.3 Å². The van der Waals surface area contributed by atoms with E-state index in [4.69, 9.17) is 10.5 Å². The van der Waals surface area contributed by atoms with Gasteiger partial charge in [-0.3, -0.25) is 9.59 Å². The number of amides is 1. The number of carbonyl (C=O) groups is 2. The Hall–Kier alpha value is -2.08. The van der Waals surface area contributed by atoms with E-state index in [1.165, 1.54) is 19.8 Å². The first-order valence-corrected chi connectivity index (χ1v) is 9.61. The van der Waals surface area contributed by atoms with E-state index in [-0.39, 0.29) is 6.54 Å². The van der Waals surface area contributed by atoms with Crippen LogP contribution in [0.5, 0.6) is 0 Å². The second-order valence-corrected chi connectivity index (χ2v) is 8.72. The lowest BCUT2D eigenvalue weighted by Gasteiger charge is -2.30. The Balaban J connectivity index is 2.11. The van der Waals surface area contributed by atoms with Crippen LogP contribution in [0.2, 0.25) is 0 Å². The number of hydrogen-bond donors (Lipinski definition) is 2. The van der Waals surface area contributed by atoms with Crippen molar-refractivity contribution in [3.63, 3.8) is 0 Å². The normalized spacial score (nSPS) is 22.3. The molecule has 1 aliphatic rings. The quantitative estimate of drug-likeness (QED) is 0.609. The summed E-state index contributed by atoms with van der Waals surface area (Å²) >= 11 is 0. The molecule has 3 atom stereocenters. The molecule has 1 aromatic rings. The van der Waals surface area contributed by atoms with Gasteiger partial charge in [0.15, 0.2) is 5.41 Å². The zero-order valence-corrected chi connectivity index (χ0v) is 17.3. The molecule has 0 aliphatic carbocycles. The third-order valence-electron chi connectivity index (χ3n) is 5.13. The summed E-state index contributed by atoms with van der Waals surface area (Å²) < 4.78 is 5.38. The molecule has 3 unspecified atom stereocenters. The summed E-state index contributed by atoms with van der Waals surface area (Å²) in [5.74, 6) is -1.08. The third kappa shape index (κ3) is 4.80. The van der Waals surface area contributed by atoms with Crippen LogP contribution in [0.4, 0.5) is 11.4 Å². The van der Waals surface area contributed by atoms with Gasteiger partial charge in [-0.05, 0) is 78.6 Å². The number of rotatable bonds is 5. The van der Waals surface area contributed by atoms with Crippen molar-refractivity contribution in [1.29, 1.82) is 0 Å². The number of benzene rings is 1. The second kappa shape index (κ2) is 7.89. The number of nitrogens with zero attached hydrogens (tertiary/aromatic N) is 1. The molecule has 3 N–H and O–H groups in total. The Bertz CT molecular complexity index is 671. The summed E-state index contributed by atoms with van der Waals surface area (Å²) in [6.45, 7) is 11.1. The zero-order valence-electron chi connectivity index (χ0n) is 17.3. The number of ether oxygens (including phenoxy) is 1. The average molecular weight is 376 g/mol. The molecule has 6 heteroatoms. The minimum absolute atomic E-state index is 0.130. The lowest BCUT2D eigenvalue weighted by molar-refractivity contribution is -0.168. The van der Waals surface area contributed by atoms with Gasteiger partial charge in [0.2, 0.25) is 5.91 Å². The smallest absolute Gasteiger partial charge is 0.323 e. The molecule has 6 nitrogen and oxygen atoms in total. The standard InChI is InChI=1S/C21H33N3O3/c1-14-7-8-15(2)24(14)17-11-9-16(10-12-17)23-18(25)21(6,13-22)19(26)27-20(3,4)5/h9-12,14-15H,7-8,13,22H2,1-6H3,(H,23,25). The van der Waals surface area contributed by atoms with E-state index in [9.17, 15) is 9.59 Å². The largest absolute Gasteiger partial charge is 0.459 e. The third-order valence-corrected chi connectivity index (χ3v) is 5.13. The van der Waals surface area contributed by atoms with Crippen LogP contribution in [0, 0.1) is 5.41 Å². The van der Waals surface area contributed by atoms with E-state index in [0.29, 0.717) is 17.8 Å². The summed E-state index contributed by atoms with van der Waals surface area (Å²) in [6, 6.07) is 8.73. The summed E-state index contributed by atoms with van der Waals surface area (Å²) in [7, 11) is 0. The van der Waals surface area contributed by atoms with Crippen molar-refractivity contribution in [2.45, 2.75) is 72.1 Å². The van der Waals surface area contributed by atoms with Crippen LogP contribution in [0.1, 0.15) is 54.4 Å². The van der Waals surface area contributed by atoms with Gasteiger partial charge in [0, 0.05) is 30.0 Å². The molecule has 2 rings (SSSR count). The van der Waals surface area contributed by atoms with E-state index < -0.39 is 22.9 Å². The maximum atomic E-state index is 12.7. The lowest BCUT2D eigenvalue weighted by atomic mass is 9.89. The van der Waals surface area contributed by atoms with Crippen LogP contribution < -0.4 is 16.0 Å². The van der Waals surface area contributed by atoms with Crippen molar-refractivity contribution in [2.24, 2.45) is 11.1 Å². The lowest BCUT2D eigenvalue weighted by Crippen LogP contribution is -2.49. The molecular formula is C21H33N3O3. The van der Waals surface area contributed by atoms with Crippen LogP contribution in [-0.4, -0.2) is 36.1 Å². The van der Waals surface area contributed by atoms with E-state index in [1.807, 2.05) is 24.3 Å². The van der Waals surface area contributed by atoms with E-state index in [1.54, 1.807) is 20.8 Å². The van der Waals surface area contributed by atoms with E-state index in [2.05, 4.69) is 24.1 Å². The molecule has 1 aromatic carbocycles. The monoisotopic (exact) mass is 375 g/mol. The van der Waals surface area contributed by atoms with Crippen molar-refractivity contribution in [2.75, 3.05) is 16.8 Å². The Kier molecular flexibility index (Phi) is 6.20. The van der Waals surface area contributed by atoms with Crippen molar-refractivity contribution in [3.8, 4) is 0 Å². The maximum absolute atomic E-state index is 12.7. The number of anilines is 2. The van der Waals surface area contributed by atoms with Gasteiger partial charge in [-0.25, -0.2) is 0 Å². The highest BCUT2D eigenvalue weighted by atomic mass is 16.6. The fourth-order valence-corrected chi connectivity index (χ4v) is 3.35. The van der Waals surface area contributed by atoms with Gasteiger partial charge in [-0.2, -0.15) is 0 Å². The molecule has 1 fully saturated rings. The van der Waals surface area contributed by atoms with Gasteiger partial charge in [0.05, 0.1) is 0 Å². The Morgan fingerprint density at radius 1 is 1.11 bits per heavy atom. The molecule has 1 amide bonds. The summed E-state index contributed by atoms with van der Waals surface area (Å²) in [6.07, 6.45) is 2.37. The molecule has 0 bridgehead atoms. The molecule has 1 saturated heterocycles. The first-order chi connectivity index (χ1) is 12.5. The highest BCUT2D eigenvalue weighted by Gasteiger charge is 2.43. The van der Waals surface area contributed by atoms with Crippen molar-refractivity contribution >= 4 is 23.3 Å². The second-order valence-electron chi connectivity index (χ2n) is 8.72. The molecule has 0 aromatic heterocycles. The molecular weight excluding hydrogens is 342 g/mol. The van der Waals surface area contributed by atoms with Crippen LogP contribution in [0.25, 0.3) is 0 Å². The van der Waals surface area contributed by atoms with Crippen molar-refractivity contribution < 1.29 is 14.3 Å². The van der Waals surface area contributed by atoms with Crippen LogP contribution in [-0.2, 0) is 14.3 Å². The maximum Gasteiger partial charge on any atom is 0.323 e. The SMILES string of the molecule is CC1CCC(C)N1c1ccc(NC(=O)C(C)(CN)C(=O)OC(C)(C)C)cc1. The van der Waals surface area contributed by atoms with Crippen molar-refractivity contribution in [1.82, 2.24) is 0 Å². The zero-order chi connectivity index (χ0) is 20.4. The number of nitrogens with two attached hydrogens (primary N) is 1. The first-order valence-electron chi connectivity index (χ1n) is 9.61. The first kappa shape index (κ1) is 21.2. The fraction of sp³-hybridized carbons (Fsp3) is 0.619. The number of hydrogen-bond acceptors (Lipinski definition) is 5. The molecule has 1 aliphatic heterocycles. The molecule has 0 saturated carbocycles. The van der Waals surface area contributed by atoms with Crippen LogP contribution >= 0.6 is 0 Å². The number of carbonyl (C=O) groups excluding carboxylic acids is 2. The van der Waals surface area contributed by atoms with Gasteiger partial charge < -0.3 is 20.7 Å².